The Kier molecular flexibility index (Phi) is 8.71. The van der Waals surface area contributed by atoms with Crippen molar-refractivity contribution in [3.8, 4) is 0 Å². The van der Waals surface area contributed by atoms with Crippen molar-refractivity contribution in [2.75, 3.05) is 25.3 Å². The minimum atomic E-state index is -0.555. The van der Waals surface area contributed by atoms with Crippen LogP contribution in [-0.2, 0) is 20.8 Å². The molecule has 0 saturated heterocycles. The standard InChI is InChI=1S/C27H28N2O6S/c1-16-10-24(25(31)15-36-23-8-6-22(7-9-23)28-18(3)30)17(2)29(16)14-19-11-20(26(32)34-4)13-21(12-19)27(33)35-5/h6-13H,14-15H2,1-5H3,(H,28,30). The van der Waals surface area contributed by atoms with Crippen LogP contribution < -0.4 is 5.32 Å². The highest BCUT2D eigenvalue weighted by Crippen LogP contribution is 2.24. The van der Waals surface area contributed by atoms with Crippen LogP contribution in [0.25, 0.3) is 0 Å². The van der Waals surface area contributed by atoms with Gasteiger partial charge in [0.25, 0.3) is 0 Å². The van der Waals surface area contributed by atoms with Crippen LogP contribution >= 0.6 is 11.8 Å². The third kappa shape index (κ3) is 6.42. The lowest BCUT2D eigenvalue weighted by Crippen LogP contribution is -2.11. The molecule has 0 fully saturated rings. The second-order valence-corrected chi connectivity index (χ2v) is 9.24. The highest BCUT2D eigenvalue weighted by atomic mass is 32.2. The Bertz CT molecular complexity index is 1280. The fraction of sp³-hybridized carbons (Fsp3) is 0.259. The largest absolute Gasteiger partial charge is 0.465 e. The molecule has 0 aliphatic rings. The molecule has 0 aliphatic carbocycles. The summed E-state index contributed by atoms with van der Waals surface area (Å²) in [6.45, 7) is 5.59. The number of rotatable bonds is 9. The highest BCUT2D eigenvalue weighted by molar-refractivity contribution is 8.00. The maximum Gasteiger partial charge on any atom is 0.337 e. The van der Waals surface area contributed by atoms with Crippen LogP contribution in [0.4, 0.5) is 5.69 Å². The van der Waals surface area contributed by atoms with Crippen LogP contribution in [0.5, 0.6) is 0 Å². The molecule has 0 aliphatic heterocycles. The highest BCUT2D eigenvalue weighted by Gasteiger charge is 2.18. The van der Waals surface area contributed by atoms with E-state index in [0.29, 0.717) is 23.4 Å². The van der Waals surface area contributed by atoms with Gasteiger partial charge in [-0.05, 0) is 67.9 Å². The Morgan fingerprint density at radius 1 is 0.889 bits per heavy atom. The molecule has 1 N–H and O–H groups in total. The number of esters is 2. The summed E-state index contributed by atoms with van der Waals surface area (Å²) in [5.41, 5.74) is 4.18. The van der Waals surface area contributed by atoms with Gasteiger partial charge in [0.15, 0.2) is 5.78 Å². The third-order valence-corrected chi connectivity index (χ3v) is 6.61. The summed E-state index contributed by atoms with van der Waals surface area (Å²) in [4.78, 5) is 49.3. The van der Waals surface area contributed by atoms with E-state index in [9.17, 15) is 19.2 Å². The number of methoxy groups -OCH3 is 2. The molecule has 0 unspecified atom stereocenters. The molecule has 36 heavy (non-hydrogen) atoms. The van der Waals surface area contributed by atoms with Crippen LogP contribution in [-0.4, -0.2) is 48.2 Å². The molecule has 0 bridgehead atoms. The first-order valence-electron chi connectivity index (χ1n) is 11.1. The van der Waals surface area contributed by atoms with Crippen LogP contribution in [0.2, 0.25) is 0 Å². The van der Waals surface area contributed by atoms with Crippen molar-refractivity contribution in [2.45, 2.75) is 32.2 Å². The molecule has 188 valence electrons. The van der Waals surface area contributed by atoms with Crippen molar-refractivity contribution in [1.82, 2.24) is 4.57 Å². The molecule has 0 spiro atoms. The van der Waals surface area contributed by atoms with Gasteiger partial charge in [-0.2, -0.15) is 0 Å². The molecule has 3 aromatic rings. The lowest BCUT2D eigenvalue weighted by molar-refractivity contribution is -0.114. The summed E-state index contributed by atoms with van der Waals surface area (Å²) in [5, 5.41) is 2.72. The molecular formula is C27H28N2O6S. The Hall–Kier alpha value is -3.85. The van der Waals surface area contributed by atoms with E-state index in [1.54, 1.807) is 24.3 Å². The first kappa shape index (κ1) is 26.7. The number of ether oxygens (including phenoxy) is 2. The molecule has 9 heteroatoms. The topological polar surface area (TPSA) is 104 Å². The van der Waals surface area contributed by atoms with Crippen molar-refractivity contribution in [1.29, 1.82) is 0 Å². The summed E-state index contributed by atoms with van der Waals surface area (Å²) >= 11 is 1.42. The van der Waals surface area contributed by atoms with Gasteiger partial charge in [-0.25, -0.2) is 9.59 Å². The van der Waals surface area contributed by atoms with Gasteiger partial charge < -0.3 is 19.4 Å². The van der Waals surface area contributed by atoms with Gasteiger partial charge in [0.2, 0.25) is 5.91 Å². The van der Waals surface area contributed by atoms with Gasteiger partial charge in [-0.15, -0.1) is 11.8 Å². The van der Waals surface area contributed by atoms with E-state index < -0.39 is 11.9 Å². The molecule has 1 heterocycles. The number of hydrogen-bond acceptors (Lipinski definition) is 7. The smallest absolute Gasteiger partial charge is 0.337 e. The average Bonchev–Trinajstić information content (AvgIpc) is 3.14. The van der Waals surface area contributed by atoms with E-state index in [0.717, 1.165) is 16.3 Å². The number of benzene rings is 2. The van der Waals surface area contributed by atoms with Crippen LogP contribution in [0.1, 0.15) is 54.9 Å². The number of amides is 1. The number of hydrogen-bond donors (Lipinski definition) is 1. The van der Waals surface area contributed by atoms with E-state index >= 15 is 0 Å². The lowest BCUT2D eigenvalue weighted by Gasteiger charge is -2.12. The zero-order chi connectivity index (χ0) is 26.4. The minimum Gasteiger partial charge on any atom is -0.465 e. The number of anilines is 1. The predicted octanol–water partition coefficient (Wildman–Crippen LogP) is 4.66. The summed E-state index contributed by atoms with van der Waals surface area (Å²) in [7, 11) is 2.56. The summed E-state index contributed by atoms with van der Waals surface area (Å²) in [6, 6.07) is 13.9. The number of thioether (sulfide) groups is 1. The molecule has 0 atom stereocenters. The number of aryl methyl sites for hydroxylation is 1. The first-order chi connectivity index (χ1) is 17.1. The number of carbonyl (C=O) groups is 4. The first-order valence-corrected chi connectivity index (χ1v) is 12.1. The van der Waals surface area contributed by atoms with Crippen LogP contribution in [0, 0.1) is 13.8 Å². The molecule has 2 aromatic carbocycles. The lowest BCUT2D eigenvalue weighted by atomic mass is 10.1. The van der Waals surface area contributed by atoms with Gasteiger partial charge >= 0.3 is 11.9 Å². The van der Waals surface area contributed by atoms with Crippen molar-refractivity contribution in [3.63, 3.8) is 0 Å². The average molecular weight is 509 g/mol. The molecule has 8 nitrogen and oxygen atoms in total. The van der Waals surface area contributed by atoms with Crippen LogP contribution in [0.3, 0.4) is 0 Å². The molecule has 0 saturated carbocycles. The Balaban J connectivity index is 1.78. The van der Waals surface area contributed by atoms with Gasteiger partial charge in [-0.1, -0.05) is 0 Å². The van der Waals surface area contributed by atoms with Crippen molar-refractivity contribution in [2.24, 2.45) is 0 Å². The zero-order valence-electron chi connectivity index (χ0n) is 20.8. The summed E-state index contributed by atoms with van der Waals surface area (Å²) in [6.07, 6.45) is 0. The van der Waals surface area contributed by atoms with E-state index in [1.807, 2.05) is 36.6 Å². The molecule has 1 aromatic heterocycles. The Morgan fingerprint density at radius 2 is 1.47 bits per heavy atom. The normalized spacial score (nSPS) is 10.6. The fourth-order valence-electron chi connectivity index (χ4n) is 3.83. The zero-order valence-corrected chi connectivity index (χ0v) is 21.7. The monoisotopic (exact) mass is 508 g/mol. The molecule has 0 radical (unpaired) electrons. The SMILES string of the molecule is COC(=O)c1cc(Cn2c(C)cc(C(=O)CSc3ccc(NC(C)=O)cc3)c2C)cc(C(=O)OC)c1. The van der Waals surface area contributed by atoms with E-state index in [4.69, 9.17) is 9.47 Å². The fourth-order valence-corrected chi connectivity index (χ4v) is 4.61. The van der Waals surface area contributed by atoms with E-state index in [1.165, 1.54) is 39.0 Å². The maximum atomic E-state index is 13.0. The second kappa shape index (κ2) is 11.7. The third-order valence-electron chi connectivity index (χ3n) is 5.59. The van der Waals surface area contributed by atoms with E-state index in [-0.39, 0.29) is 28.6 Å². The number of Topliss-reactive ketones (excluding diaryl/α,β-unsaturated/α-hetero) is 1. The van der Waals surface area contributed by atoms with E-state index in [2.05, 4.69) is 5.32 Å². The number of carbonyl (C=O) groups excluding carboxylic acids is 4. The van der Waals surface area contributed by atoms with Crippen molar-refractivity contribution >= 4 is 41.1 Å². The molecule has 3 rings (SSSR count). The number of aromatic nitrogens is 1. The number of nitrogens with one attached hydrogen (secondary N) is 1. The quantitative estimate of drug-likeness (QED) is 0.255. The summed E-state index contributed by atoms with van der Waals surface area (Å²) in [5.74, 6) is -1.00. The maximum absolute atomic E-state index is 13.0. The minimum absolute atomic E-state index is 0.0103. The second-order valence-electron chi connectivity index (χ2n) is 8.19. The van der Waals surface area contributed by atoms with Gasteiger partial charge in [0.1, 0.15) is 0 Å². The Morgan fingerprint density at radius 3 is 2.00 bits per heavy atom. The molecular weight excluding hydrogens is 480 g/mol. The predicted molar refractivity (Wildman–Crippen MR) is 138 cm³/mol. The summed E-state index contributed by atoms with van der Waals surface area (Å²) < 4.78 is 11.6. The Labute approximate surface area is 214 Å². The molecule has 1 amide bonds. The van der Waals surface area contributed by atoms with Gasteiger partial charge in [-0.3, -0.25) is 9.59 Å². The number of ketones is 1. The van der Waals surface area contributed by atoms with Gasteiger partial charge in [0.05, 0.1) is 31.1 Å². The van der Waals surface area contributed by atoms with Crippen LogP contribution in [0.15, 0.2) is 53.4 Å². The van der Waals surface area contributed by atoms with Gasteiger partial charge in [0, 0.05) is 41.0 Å². The number of nitrogens with zero attached hydrogens (tertiary/aromatic N) is 1. The van der Waals surface area contributed by atoms with Crippen molar-refractivity contribution < 1.29 is 28.7 Å². The van der Waals surface area contributed by atoms with Crippen molar-refractivity contribution in [3.05, 3.63) is 82.2 Å².